The summed E-state index contributed by atoms with van der Waals surface area (Å²) in [5, 5.41) is 20.4. The summed E-state index contributed by atoms with van der Waals surface area (Å²) in [6.07, 6.45) is 1.30. The van der Waals surface area contributed by atoms with Gasteiger partial charge in [-0.3, -0.25) is 4.79 Å². The van der Waals surface area contributed by atoms with Crippen molar-refractivity contribution in [2.24, 2.45) is 0 Å². The summed E-state index contributed by atoms with van der Waals surface area (Å²) in [6, 6.07) is -0.673. The van der Waals surface area contributed by atoms with Crippen LogP contribution in [0.1, 0.15) is 20.3 Å². The molecule has 1 aliphatic carbocycles. The Labute approximate surface area is 97.6 Å². The predicted molar refractivity (Wildman–Crippen MR) is 58.3 cm³/mol. The molecular weight excluding hydrogens is 226 g/mol. The molecule has 6 heteroatoms. The average molecular weight is 239 g/mol. The average Bonchev–Trinajstić information content (AvgIpc) is 2.15. The predicted octanol–water partition coefficient (Wildman–Crippen LogP) is 0.307. The molecule has 1 rings (SSSR count). The van der Waals surface area contributed by atoms with E-state index in [-0.39, 0.29) is 23.5 Å². The quantitative estimate of drug-likeness (QED) is 0.657. The molecule has 92 valence electrons. The van der Waals surface area contributed by atoms with E-state index in [4.69, 9.17) is 10.2 Å². The summed E-state index contributed by atoms with van der Waals surface area (Å²) >= 11 is 0. The van der Waals surface area contributed by atoms with Crippen molar-refractivity contribution < 1.29 is 24.6 Å². The van der Waals surface area contributed by atoms with Crippen molar-refractivity contribution in [3.8, 4) is 0 Å². The number of carbonyl (C=O) groups is 3. The first kappa shape index (κ1) is 13.0. The van der Waals surface area contributed by atoms with Crippen LogP contribution in [0.3, 0.4) is 0 Å². The van der Waals surface area contributed by atoms with E-state index in [0.717, 1.165) is 6.08 Å². The third-order valence-electron chi connectivity index (χ3n) is 2.50. The van der Waals surface area contributed by atoms with Gasteiger partial charge in [0.25, 0.3) is 0 Å². The monoisotopic (exact) mass is 239 g/mol. The zero-order valence-electron chi connectivity index (χ0n) is 9.48. The molecule has 0 saturated carbocycles. The second kappa shape index (κ2) is 4.82. The highest BCUT2D eigenvalue weighted by molar-refractivity contribution is 5.97. The minimum atomic E-state index is -1.23. The van der Waals surface area contributed by atoms with Gasteiger partial charge >= 0.3 is 11.9 Å². The Bertz CT molecular complexity index is 447. The van der Waals surface area contributed by atoms with Crippen LogP contribution in [0.4, 0.5) is 0 Å². The van der Waals surface area contributed by atoms with Gasteiger partial charge in [-0.05, 0) is 19.4 Å². The molecule has 0 aromatic carbocycles. The third kappa shape index (κ3) is 2.93. The van der Waals surface area contributed by atoms with Gasteiger partial charge < -0.3 is 15.5 Å². The fourth-order valence-corrected chi connectivity index (χ4v) is 1.73. The Morgan fingerprint density at radius 2 is 1.88 bits per heavy atom. The van der Waals surface area contributed by atoms with Gasteiger partial charge in [-0.1, -0.05) is 5.57 Å². The number of carbonyl (C=O) groups excluding carboxylic acids is 1. The van der Waals surface area contributed by atoms with Crippen LogP contribution in [-0.4, -0.2) is 34.1 Å². The highest BCUT2D eigenvalue weighted by Crippen LogP contribution is 2.24. The Morgan fingerprint density at radius 1 is 1.29 bits per heavy atom. The molecular formula is C11H13NO5. The SMILES string of the molecule is CC(=O)NC1CC(C)=C(C(=O)O)C=C1C(=O)O. The molecule has 1 aliphatic rings. The lowest BCUT2D eigenvalue weighted by atomic mass is 9.89. The molecule has 0 aliphatic heterocycles. The largest absolute Gasteiger partial charge is 0.478 e. The zero-order chi connectivity index (χ0) is 13.2. The lowest BCUT2D eigenvalue weighted by molar-refractivity contribution is -0.133. The molecule has 0 heterocycles. The summed E-state index contributed by atoms with van der Waals surface area (Å²) in [5.41, 5.74) is 0.411. The molecule has 6 nitrogen and oxygen atoms in total. The highest BCUT2D eigenvalue weighted by atomic mass is 16.4. The van der Waals surface area contributed by atoms with E-state index < -0.39 is 18.0 Å². The molecule has 1 unspecified atom stereocenters. The van der Waals surface area contributed by atoms with Gasteiger partial charge in [-0.25, -0.2) is 9.59 Å². The van der Waals surface area contributed by atoms with Crippen molar-refractivity contribution in [1.29, 1.82) is 0 Å². The van der Waals surface area contributed by atoms with Gasteiger partial charge in [0, 0.05) is 6.92 Å². The van der Waals surface area contributed by atoms with Crippen molar-refractivity contribution in [2.75, 3.05) is 0 Å². The van der Waals surface area contributed by atoms with Crippen LogP contribution in [0.5, 0.6) is 0 Å². The molecule has 0 saturated heterocycles. The van der Waals surface area contributed by atoms with Crippen LogP contribution < -0.4 is 5.32 Å². The standard InChI is InChI=1S/C11H13NO5/c1-5-3-9(12-6(2)13)8(11(16)17)4-7(5)10(14)15/h4,9H,3H2,1-2H3,(H,12,13)(H,14,15)(H,16,17). The van der Waals surface area contributed by atoms with Gasteiger partial charge in [0.05, 0.1) is 17.2 Å². The first-order chi connectivity index (χ1) is 7.82. The van der Waals surface area contributed by atoms with Crippen LogP contribution in [0.25, 0.3) is 0 Å². The maximum Gasteiger partial charge on any atom is 0.335 e. The van der Waals surface area contributed by atoms with E-state index in [0.29, 0.717) is 5.57 Å². The topological polar surface area (TPSA) is 104 Å². The molecule has 3 N–H and O–H groups in total. The molecule has 0 aromatic rings. The molecule has 0 bridgehead atoms. The number of nitrogens with one attached hydrogen (secondary N) is 1. The molecule has 0 aromatic heterocycles. The van der Waals surface area contributed by atoms with Crippen molar-refractivity contribution >= 4 is 17.8 Å². The Balaban J connectivity index is 3.12. The highest BCUT2D eigenvalue weighted by Gasteiger charge is 2.28. The van der Waals surface area contributed by atoms with Gasteiger partial charge in [0.2, 0.25) is 5.91 Å². The maximum absolute atomic E-state index is 11.0. The summed E-state index contributed by atoms with van der Waals surface area (Å²) in [5.74, 6) is -2.74. The van der Waals surface area contributed by atoms with E-state index in [1.165, 1.54) is 6.92 Å². The third-order valence-corrected chi connectivity index (χ3v) is 2.50. The number of rotatable bonds is 3. The summed E-state index contributed by atoms with van der Waals surface area (Å²) < 4.78 is 0. The molecule has 17 heavy (non-hydrogen) atoms. The van der Waals surface area contributed by atoms with Crippen LogP contribution in [0.15, 0.2) is 22.8 Å². The second-order valence-electron chi connectivity index (χ2n) is 3.86. The zero-order valence-corrected chi connectivity index (χ0v) is 9.48. The number of aliphatic carboxylic acids is 2. The lowest BCUT2D eigenvalue weighted by Gasteiger charge is -2.23. The van der Waals surface area contributed by atoms with Gasteiger partial charge in [0.15, 0.2) is 0 Å². The van der Waals surface area contributed by atoms with Crippen LogP contribution in [-0.2, 0) is 14.4 Å². The van der Waals surface area contributed by atoms with Crippen molar-refractivity contribution in [3.63, 3.8) is 0 Å². The van der Waals surface area contributed by atoms with E-state index in [2.05, 4.69) is 5.32 Å². The Kier molecular flexibility index (Phi) is 3.67. The minimum Gasteiger partial charge on any atom is -0.478 e. The fourth-order valence-electron chi connectivity index (χ4n) is 1.73. The van der Waals surface area contributed by atoms with Gasteiger partial charge in [0.1, 0.15) is 0 Å². The Hall–Kier alpha value is -2.11. The smallest absolute Gasteiger partial charge is 0.335 e. The summed E-state index contributed by atoms with van der Waals surface area (Å²) in [6.45, 7) is 2.89. The summed E-state index contributed by atoms with van der Waals surface area (Å²) in [4.78, 5) is 32.8. The van der Waals surface area contributed by atoms with Crippen molar-refractivity contribution in [3.05, 3.63) is 22.8 Å². The number of amides is 1. The van der Waals surface area contributed by atoms with Gasteiger partial charge in [-0.15, -0.1) is 0 Å². The van der Waals surface area contributed by atoms with E-state index in [1.807, 2.05) is 0 Å². The molecule has 0 spiro atoms. The van der Waals surface area contributed by atoms with E-state index >= 15 is 0 Å². The lowest BCUT2D eigenvalue weighted by Crippen LogP contribution is -2.39. The van der Waals surface area contributed by atoms with E-state index in [9.17, 15) is 14.4 Å². The fraction of sp³-hybridized carbons (Fsp3) is 0.364. The molecule has 0 fully saturated rings. The second-order valence-corrected chi connectivity index (χ2v) is 3.86. The number of hydrogen-bond donors (Lipinski definition) is 3. The van der Waals surface area contributed by atoms with E-state index in [1.54, 1.807) is 6.92 Å². The molecule has 1 atom stereocenters. The number of carboxylic acid groups (broad SMARTS) is 2. The molecule has 1 amide bonds. The number of hydrogen-bond acceptors (Lipinski definition) is 3. The Morgan fingerprint density at radius 3 is 2.29 bits per heavy atom. The van der Waals surface area contributed by atoms with Crippen LogP contribution >= 0.6 is 0 Å². The number of carboxylic acids is 2. The first-order valence-corrected chi connectivity index (χ1v) is 4.98. The van der Waals surface area contributed by atoms with Crippen molar-refractivity contribution in [2.45, 2.75) is 26.3 Å². The summed E-state index contributed by atoms with van der Waals surface area (Å²) in [7, 11) is 0. The van der Waals surface area contributed by atoms with Gasteiger partial charge in [-0.2, -0.15) is 0 Å². The van der Waals surface area contributed by atoms with Crippen LogP contribution in [0, 0.1) is 0 Å². The van der Waals surface area contributed by atoms with Crippen LogP contribution in [0.2, 0.25) is 0 Å². The maximum atomic E-state index is 11.0. The first-order valence-electron chi connectivity index (χ1n) is 4.98. The minimum absolute atomic E-state index is 0.0241. The normalized spacial score (nSPS) is 19.6. The molecule has 0 radical (unpaired) electrons. The van der Waals surface area contributed by atoms with Crippen molar-refractivity contribution in [1.82, 2.24) is 5.32 Å².